The number of imide groups is 1. The van der Waals surface area contributed by atoms with Gasteiger partial charge in [0.2, 0.25) is 0 Å². The highest BCUT2D eigenvalue weighted by atomic mass is 16.7. The predicted molar refractivity (Wildman–Crippen MR) is 94.8 cm³/mol. The number of esters is 2. The largest absolute Gasteiger partial charge is 0.547 e. The summed E-state index contributed by atoms with van der Waals surface area (Å²) in [7, 11) is 0. The predicted octanol–water partition coefficient (Wildman–Crippen LogP) is 0.556. The van der Waals surface area contributed by atoms with Gasteiger partial charge in [0.05, 0.1) is 17.1 Å². The molecule has 1 heterocycles. The molecule has 0 spiro atoms. The molecule has 2 amide bonds. The molecule has 0 fully saturated rings. The van der Waals surface area contributed by atoms with Gasteiger partial charge in [-0.25, -0.2) is 4.84 Å². The molecule has 1 unspecified atom stereocenters. The first-order valence-electron chi connectivity index (χ1n) is 8.55. The van der Waals surface area contributed by atoms with Crippen molar-refractivity contribution in [2.24, 2.45) is 0 Å². The monoisotopic (exact) mass is 412 g/mol. The molecule has 3 rings (SSSR count). The molecule has 0 aliphatic carbocycles. The molecule has 30 heavy (non-hydrogen) atoms. The fraction of sp³-hybridized carbons (Fsp3) is 0.150. The minimum absolute atomic E-state index is 0.0606. The number of fused-ring (bicyclic) bond motifs is 1. The Morgan fingerprint density at radius 3 is 1.90 bits per heavy atom. The van der Waals surface area contributed by atoms with Crippen LogP contribution in [0.3, 0.4) is 0 Å². The second-order valence-electron chi connectivity index (χ2n) is 6.15. The minimum atomic E-state index is -1.91. The highest BCUT2D eigenvalue weighted by molar-refractivity contribution is 6.20. The Kier molecular flexibility index (Phi) is 5.61. The second-order valence-corrected chi connectivity index (χ2v) is 6.15. The van der Waals surface area contributed by atoms with Gasteiger partial charge in [0.1, 0.15) is 0 Å². The minimum Gasteiger partial charge on any atom is -0.547 e. The Morgan fingerprint density at radius 1 is 0.867 bits per heavy atom. The third kappa shape index (κ3) is 4.03. The van der Waals surface area contributed by atoms with Gasteiger partial charge in [0.25, 0.3) is 11.8 Å². The zero-order valence-electron chi connectivity index (χ0n) is 15.7. The molecular weight excluding hydrogens is 398 g/mol. The van der Waals surface area contributed by atoms with Crippen LogP contribution in [0, 0.1) is 0 Å². The van der Waals surface area contributed by atoms with Crippen LogP contribution in [0.2, 0.25) is 0 Å². The summed E-state index contributed by atoms with van der Waals surface area (Å²) >= 11 is 0. The van der Waals surface area contributed by atoms with Gasteiger partial charge in [-0.05, 0) is 29.8 Å². The lowest BCUT2D eigenvalue weighted by atomic mass is 10.1. The van der Waals surface area contributed by atoms with Gasteiger partial charge in [-0.3, -0.25) is 19.2 Å². The third-order valence-electron chi connectivity index (χ3n) is 3.96. The summed E-state index contributed by atoms with van der Waals surface area (Å²) < 4.78 is 9.86. The van der Waals surface area contributed by atoms with E-state index in [1.165, 1.54) is 24.3 Å². The van der Waals surface area contributed by atoms with Crippen LogP contribution in [0.1, 0.15) is 46.2 Å². The fourth-order valence-corrected chi connectivity index (χ4v) is 2.77. The molecule has 0 saturated carbocycles. The molecule has 10 nitrogen and oxygen atoms in total. The van der Waals surface area contributed by atoms with Crippen molar-refractivity contribution in [1.82, 2.24) is 5.06 Å². The molecule has 0 aromatic heterocycles. The van der Waals surface area contributed by atoms with Gasteiger partial charge < -0.3 is 19.4 Å². The molecule has 0 saturated heterocycles. The maximum Gasteiger partial charge on any atom is 0.308 e. The van der Waals surface area contributed by atoms with Crippen LogP contribution in [-0.4, -0.2) is 34.8 Å². The van der Waals surface area contributed by atoms with Gasteiger partial charge >= 0.3 is 11.9 Å². The number of ether oxygens (including phenoxy) is 2. The smallest absolute Gasteiger partial charge is 0.308 e. The zero-order chi connectivity index (χ0) is 22.0. The average Bonchev–Trinajstić information content (AvgIpc) is 2.91. The van der Waals surface area contributed by atoms with E-state index in [1.807, 2.05) is 0 Å². The van der Waals surface area contributed by atoms with Crippen molar-refractivity contribution in [3.63, 3.8) is 0 Å². The van der Waals surface area contributed by atoms with E-state index in [1.54, 1.807) is 12.1 Å². The Hall–Kier alpha value is -4.05. The molecule has 10 heteroatoms. The van der Waals surface area contributed by atoms with Crippen molar-refractivity contribution in [2.75, 3.05) is 0 Å². The molecule has 0 bridgehead atoms. The Morgan fingerprint density at radius 2 is 1.40 bits per heavy atom. The van der Waals surface area contributed by atoms with Crippen molar-refractivity contribution < 1.29 is 43.4 Å². The number of carbonyl (C=O) groups excluding carboxylic acids is 5. The van der Waals surface area contributed by atoms with Crippen molar-refractivity contribution in [3.8, 4) is 11.5 Å². The highest BCUT2D eigenvalue weighted by Crippen LogP contribution is 2.33. The SMILES string of the molecule is CC(=O)Oc1ccc(C(ON2C(=O)c3ccccc3C2=O)C(=O)[O-])cc1OC(C)=O. The van der Waals surface area contributed by atoms with Crippen LogP contribution < -0.4 is 14.6 Å². The van der Waals surface area contributed by atoms with Gasteiger partial charge in [0, 0.05) is 13.8 Å². The van der Waals surface area contributed by atoms with Crippen molar-refractivity contribution >= 4 is 29.7 Å². The molecular formula is C20H14NO9-. The molecule has 1 aliphatic heterocycles. The number of nitrogens with zero attached hydrogens (tertiary/aromatic N) is 1. The number of hydrogen-bond donors (Lipinski definition) is 0. The number of benzene rings is 2. The summed E-state index contributed by atoms with van der Waals surface area (Å²) in [6.45, 7) is 2.22. The van der Waals surface area contributed by atoms with Crippen LogP contribution in [0.25, 0.3) is 0 Å². The molecule has 2 aromatic carbocycles. The van der Waals surface area contributed by atoms with E-state index in [0.29, 0.717) is 5.06 Å². The molecule has 1 aliphatic rings. The van der Waals surface area contributed by atoms with E-state index in [2.05, 4.69) is 0 Å². The number of carboxylic acids is 1. The van der Waals surface area contributed by atoms with Gasteiger partial charge in [-0.15, -0.1) is 5.06 Å². The number of carbonyl (C=O) groups is 5. The van der Waals surface area contributed by atoms with E-state index in [4.69, 9.17) is 14.3 Å². The van der Waals surface area contributed by atoms with E-state index >= 15 is 0 Å². The first-order chi connectivity index (χ1) is 14.2. The maximum absolute atomic E-state index is 12.4. The number of rotatable bonds is 6. The van der Waals surface area contributed by atoms with Gasteiger partial charge in [-0.2, -0.15) is 0 Å². The van der Waals surface area contributed by atoms with Crippen molar-refractivity contribution in [2.45, 2.75) is 20.0 Å². The number of aliphatic carboxylic acids is 1. The first kappa shape index (κ1) is 20.7. The van der Waals surface area contributed by atoms with Crippen LogP contribution in [0.5, 0.6) is 11.5 Å². The Bertz CT molecular complexity index is 1040. The molecule has 2 aromatic rings. The quantitative estimate of drug-likeness (QED) is 0.378. The Balaban J connectivity index is 1.94. The molecule has 154 valence electrons. The van der Waals surface area contributed by atoms with Crippen LogP contribution in [0.4, 0.5) is 0 Å². The fourth-order valence-electron chi connectivity index (χ4n) is 2.77. The summed E-state index contributed by atoms with van der Waals surface area (Å²) in [4.78, 5) is 64.3. The van der Waals surface area contributed by atoms with E-state index in [9.17, 15) is 29.1 Å². The summed E-state index contributed by atoms with van der Waals surface area (Å²) in [5.74, 6) is -5.29. The third-order valence-corrected chi connectivity index (χ3v) is 3.96. The zero-order valence-corrected chi connectivity index (χ0v) is 15.7. The lowest BCUT2D eigenvalue weighted by Gasteiger charge is -2.24. The standard InChI is InChI=1S/C20H15NO9/c1-10(22)28-15-8-7-12(9-16(15)29-11(2)23)17(20(26)27)30-21-18(24)13-5-3-4-6-14(13)19(21)25/h3-9,17H,1-2H3,(H,26,27)/p-1. The van der Waals surface area contributed by atoms with Gasteiger partial charge in [0.15, 0.2) is 17.6 Å². The lowest BCUT2D eigenvalue weighted by molar-refractivity contribution is -0.324. The molecule has 1 atom stereocenters. The van der Waals surface area contributed by atoms with E-state index in [0.717, 1.165) is 19.9 Å². The highest BCUT2D eigenvalue weighted by Gasteiger charge is 2.38. The maximum atomic E-state index is 12.4. The first-order valence-corrected chi connectivity index (χ1v) is 8.55. The van der Waals surface area contributed by atoms with Gasteiger partial charge in [-0.1, -0.05) is 18.2 Å². The van der Waals surface area contributed by atoms with Crippen LogP contribution in [0.15, 0.2) is 42.5 Å². The summed E-state index contributed by atoms with van der Waals surface area (Å²) in [5.41, 5.74) is -0.00507. The normalized spacial score (nSPS) is 13.6. The van der Waals surface area contributed by atoms with E-state index < -0.39 is 35.8 Å². The number of carboxylic acid groups (broad SMARTS) is 1. The van der Waals surface area contributed by atoms with E-state index in [-0.39, 0.29) is 28.2 Å². The lowest BCUT2D eigenvalue weighted by Crippen LogP contribution is -2.39. The number of amides is 2. The summed E-state index contributed by atoms with van der Waals surface area (Å²) in [5, 5.41) is 12.0. The van der Waals surface area contributed by atoms with Crippen LogP contribution >= 0.6 is 0 Å². The number of hydrogen-bond acceptors (Lipinski definition) is 9. The van der Waals surface area contributed by atoms with Crippen LogP contribution in [-0.2, 0) is 19.2 Å². The molecule has 0 N–H and O–H groups in total. The summed E-state index contributed by atoms with van der Waals surface area (Å²) in [6.07, 6.45) is -1.91. The number of hydroxylamine groups is 2. The Labute approximate surface area is 169 Å². The molecule has 0 radical (unpaired) electrons. The second kappa shape index (κ2) is 8.13. The van der Waals surface area contributed by atoms with Crippen molar-refractivity contribution in [3.05, 3.63) is 59.2 Å². The summed E-state index contributed by atoms with van der Waals surface area (Å²) in [6, 6.07) is 9.34. The van der Waals surface area contributed by atoms with Crippen molar-refractivity contribution in [1.29, 1.82) is 0 Å². The topological polar surface area (TPSA) is 139 Å². The average molecular weight is 412 g/mol.